The summed E-state index contributed by atoms with van der Waals surface area (Å²) in [6, 6.07) is 0.741. The van der Waals surface area contributed by atoms with E-state index in [1.807, 2.05) is 0 Å². The molecule has 2 fully saturated rings. The lowest BCUT2D eigenvalue weighted by molar-refractivity contribution is 0.0263. The van der Waals surface area contributed by atoms with Gasteiger partial charge < -0.3 is 5.32 Å². The van der Waals surface area contributed by atoms with E-state index < -0.39 is 0 Å². The van der Waals surface area contributed by atoms with Crippen molar-refractivity contribution in [2.45, 2.75) is 83.7 Å². The van der Waals surface area contributed by atoms with Crippen LogP contribution in [0, 0.1) is 5.92 Å². The Morgan fingerprint density at radius 1 is 1.16 bits per heavy atom. The van der Waals surface area contributed by atoms with Gasteiger partial charge in [-0.1, -0.05) is 52.9 Å². The Hall–Kier alpha value is -0.0800. The lowest BCUT2D eigenvalue weighted by Gasteiger charge is -2.49. The highest BCUT2D eigenvalue weighted by Gasteiger charge is 2.43. The van der Waals surface area contributed by atoms with E-state index in [1.165, 1.54) is 71.0 Å². The van der Waals surface area contributed by atoms with E-state index in [4.69, 9.17) is 0 Å². The first kappa shape index (κ1) is 15.3. The smallest absolute Gasteiger partial charge is 0.0334 e. The standard InChI is InChI=1S/C17H34N2/c1-4-9-16-13-19(12-15(5-2)6-3)17(14-18-16)10-7-8-11-17/h15-16,18H,4-14H2,1-3H3. The summed E-state index contributed by atoms with van der Waals surface area (Å²) in [5.74, 6) is 0.901. The second kappa shape index (κ2) is 7.08. The molecule has 2 nitrogen and oxygen atoms in total. The van der Waals surface area contributed by atoms with Crippen molar-refractivity contribution in [1.29, 1.82) is 0 Å². The summed E-state index contributed by atoms with van der Waals surface area (Å²) in [5, 5.41) is 3.85. The highest BCUT2D eigenvalue weighted by molar-refractivity contribution is 5.02. The zero-order valence-corrected chi connectivity index (χ0v) is 13.4. The highest BCUT2D eigenvalue weighted by atomic mass is 15.3. The molecular formula is C17H34N2. The maximum absolute atomic E-state index is 3.85. The minimum Gasteiger partial charge on any atom is -0.311 e. The van der Waals surface area contributed by atoms with Crippen LogP contribution in [0.15, 0.2) is 0 Å². The van der Waals surface area contributed by atoms with Gasteiger partial charge in [0, 0.05) is 31.2 Å². The van der Waals surface area contributed by atoms with E-state index in [0.29, 0.717) is 5.54 Å². The topological polar surface area (TPSA) is 15.3 Å². The molecule has 1 spiro atoms. The van der Waals surface area contributed by atoms with E-state index in [0.717, 1.165) is 12.0 Å². The van der Waals surface area contributed by atoms with Crippen LogP contribution >= 0.6 is 0 Å². The summed E-state index contributed by atoms with van der Waals surface area (Å²) in [4.78, 5) is 2.90. The van der Waals surface area contributed by atoms with Crippen molar-refractivity contribution in [3.05, 3.63) is 0 Å². The van der Waals surface area contributed by atoms with Crippen molar-refractivity contribution in [2.24, 2.45) is 5.92 Å². The van der Waals surface area contributed by atoms with Crippen LogP contribution in [0.5, 0.6) is 0 Å². The van der Waals surface area contributed by atoms with E-state index in [2.05, 4.69) is 31.0 Å². The molecule has 2 rings (SSSR count). The number of rotatable bonds is 6. The first-order chi connectivity index (χ1) is 9.24. The van der Waals surface area contributed by atoms with Crippen LogP contribution in [0.4, 0.5) is 0 Å². The van der Waals surface area contributed by atoms with Gasteiger partial charge in [0.1, 0.15) is 0 Å². The van der Waals surface area contributed by atoms with Gasteiger partial charge in [-0.05, 0) is 25.2 Å². The third-order valence-electron chi connectivity index (χ3n) is 5.64. The molecule has 0 aromatic rings. The van der Waals surface area contributed by atoms with Crippen LogP contribution in [-0.2, 0) is 0 Å². The van der Waals surface area contributed by atoms with Crippen molar-refractivity contribution >= 4 is 0 Å². The van der Waals surface area contributed by atoms with Crippen molar-refractivity contribution in [3.63, 3.8) is 0 Å². The maximum atomic E-state index is 3.85. The molecule has 1 heterocycles. The average molecular weight is 266 g/mol. The molecule has 112 valence electrons. The van der Waals surface area contributed by atoms with Gasteiger partial charge in [0.15, 0.2) is 0 Å². The predicted octanol–water partition coefficient (Wildman–Crippen LogP) is 3.81. The van der Waals surface area contributed by atoms with Crippen LogP contribution in [-0.4, -0.2) is 36.1 Å². The van der Waals surface area contributed by atoms with Crippen LogP contribution in [0.25, 0.3) is 0 Å². The predicted molar refractivity (Wildman–Crippen MR) is 83.5 cm³/mol. The summed E-state index contributed by atoms with van der Waals surface area (Å²) in [5.41, 5.74) is 0.521. The third kappa shape index (κ3) is 3.52. The molecule has 0 aromatic heterocycles. The maximum Gasteiger partial charge on any atom is 0.0334 e. The molecule has 1 aliphatic carbocycles. The van der Waals surface area contributed by atoms with Crippen molar-refractivity contribution in [1.82, 2.24) is 10.2 Å². The van der Waals surface area contributed by atoms with Gasteiger partial charge in [0.05, 0.1) is 0 Å². The Labute approximate surface area is 120 Å². The number of nitrogens with one attached hydrogen (secondary N) is 1. The molecule has 1 unspecified atom stereocenters. The summed E-state index contributed by atoms with van der Waals surface area (Å²) < 4.78 is 0. The summed E-state index contributed by atoms with van der Waals surface area (Å²) in [6.45, 7) is 10.9. The lowest BCUT2D eigenvalue weighted by atomic mass is 9.88. The molecule has 19 heavy (non-hydrogen) atoms. The summed E-state index contributed by atoms with van der Waals surface area (Å²) in [6.07, 6.45) is 11.1. The van der Waals surface area contributed by atoms with Gasteiger partial charge in [-0.3, -0.25) is 4.90 Å². The molecule has 0 radical (unpaired) electrons. The lowest BCUT2D eigenvalue weighted by Crippen LogP contribution is -2.64. The van der Waals surface area contributed by atoms with Gasteiger partial charge in [-0.25, -0.2) is 0 Å². The fourth-order valence-corrected chi connectivity index (χ4v) is 4.17. The zero-order valence-electron chi connectivity index (χ0n) is 13.4. The number of nitrogens with zero attached hydrogens (tertiary/aromatic N) is 1. The summed E-state index contributed by atoms with van der Waals surface area (Å²) >= 11 is 0. The molecular weight excluding hydrogens is 232 g/mol. The molecule has 0 bridgehead atoms. The normalized spacial score (nSPS) is 27.5. The second-order valence-corrected chi connectivity index (χ2v) is 6.89. The molecule has 2 aliphatic rings. The molecule has 2 heteroatoms. The van der Waals surface area contributed by atoms with Gasteiger partial charge in [0.2, 0.25) is 0 Å². The van der Waals surface area contributed by atoms with Crippen LogP contribution in [0.3, 0.4) is 0 Å². The first-order valence-corrected chi connectivity index (χ1v) is 8.72. The third-order valence-corrected chi connectivity index (χ3v) is 5.64. The Bertz CT molecular complexity index is 254. The SMILES string of the molecule is CCCC1CN(CC(CC)CC)C2(CCCC2)CN1. The summed E-state index contributed by atoms with van der Waals surface area (Å²) in [7, 11) is 0. The monoisotopic (exact) mass is 266 g/mol. The van der Waals surface area contributed by atoms with Crippen LogP contribution in [0.1, 0.15) is 72.1 Å². The van der Waals surface area contributed by atoms with E-state index in [-0.39, 0.29) is 0 Å². The molecule has 1 aliphatic heterocycles. The fourth-order valence-electron chi connectivity index (χ4n) is 4.17. The van der Waals surface area contributed by atoms with Crippen molar-refractivity contribution < 1.29 is 0 Å². The Morgan fingerprint density at radius 3 is 2.42 bits per heavy atom. The number of hydrogen-bond donors (Lipinski definition) is 1. The Kier molecular flexibility index (Phi) is 5.70. The zero-order chi connectivity index (χ0) is 13.7. The minimum absolute atomic E-state index is 0.521. The van der Waals surface area contributed by atoms with Crippen LogP contribution < -0.4 is 5.32 Å². The number of hydrogen-bond acceptors (Lipinski definition) is 2. The molecule has 1 N–H and O–H groups in total. The molecule has 0 amide bonds. The Balaban J connectivity index is 2.02. The molecule has 1 saturated carbocycles. The van der Waals surface area contributed by atoms with E-state index in [1.54, 1.807) is 0 Å². The Morgan fingerprint density at radius 2 is 1.84 bits per heavy atom. The minimum atomic E-state index is 0.521. The van der Waals surface area contributed by atoms with E-state index >= 15 is 0 Å². The van der Waals surface area contributed by atoms with E-state index in [9.17, 15) is 0 Å². The quantitative estimate of drug-likeness (QED) is 0.786. The average Bonchev–Trinajstić information content (AvgIpc) is 2.89. The van der Waals surface area contributed by atoms with Gasteiger partial charge in [-0.2, -0.15) is 0 Å². The highest BCUT2D eigenvalue weighted by Crippen LogP contribution is 2.38. The van der Waals surface area contributed by atoms with Crippen LogP contribution in [0.2, 0.25) is 0 Å². The molecule has 1 atom stereocenters. The second-order valence-electron chi connectivity index (χ2n) is 6.89. The van der Waals surface area contributed by atoms with Gasteiger partial charge in [0.25, 0.3) is 0 Å². The van der Waals surface area contributed by atoms with Crippen molar-refractivity contribution in [3.8, 4) is 0 Å². The fraction of sp³-hybridized carbons (Fsp3) is 1.00. The molecule has 0 aromatic carbocycles. The van der Waals surface area contributed by atoms with Gasteiger partial charge >= 0.3 is 0 Å². The largest absolute Gasteiger partial charge is 0.311 e. The van der Waals surface area contributed by atoms with Gasteiger partial charge in [-0.15, -0.1) is 0 Å². The molecule has 1 saturated heterocycles. The first-order valence-electron chi connectivity index (χ1n) is 8.72. The van der Waals surface area contributed by atoms with Crippen molar-refractivity contribution in [2.75, 3.05) is 19.6 Å². The number of piperazine rings is 1.